The standard InChI is InChI=1S/C16H21F3N2O2/c1-15(2)10-21(20-14(15)22)13(16(17,18)19)8-7-11-5-4-6-12(9-11)23-3/h4-6,9,13H,7-8,10H2,1-3H3,(H,20,22). The minimum atomic E-state index is -4.41. The minimum absolute atomic E-state index is 0.0358. The fourth-order valence-electron chi connectivity index (χ4n) is 2.63. The molecule has 0 aromatic heterocycles. The Hall–Kier alpha value is -1.76. The Morgan fingerprint density at radius 1 is 1.39 bits per heavy atom. The van der Waals surface area contributed by atoms with Gasteiger partial charge in [0.2, 0.25) is 5.91 Å². The maximum Gasteiger partial charge on any atom is 0.405 e. The number of nitrogens with zero attached hydrogens (tertiary/aromatic N) is 1. The highest BCUT2D eigenvalue weighted by Gasteiger charge is 2.49. The number of halogens is 3. The average Bonchev–Trinajstić information content (AvgIpc) is 2.71. The fourth-order valence-corrected chi connectivity index (χ4v) is 2.63. The van der Waals surface area contributed by atoms with Gasteiger partial charge in [-0.05, 0) is 44.4 Å². The van der Waals surface area contributed by atoms with E-state index < -0.39 is 17.6 Å². The van der Waals surface area contributed by atoms with Gasteiger partial charge in [-0.15, -0.1) is 0 Å². The Kier molecular flexibility index (Phi) is 4.89. The molecule has 1 atom stereocenters. The van der Waals surface area contributed by atoms with Crippen LogP contribution in [0.3, 0.4) is 0 Å². The second-order valence-corrected chi connectivity index (χ2v) is 6.40. The van der Waals surface area contributed by atoms with Gasteiger partial charge in [-0.25, -0.2) is 5.01 Å². The van der Waals surface area contributed by atoms with Gasteiger partial charge in [-0.2, -0.15) is 13.2 Å². The second kappa shape index (κ2) is 6.39. The molecule has 0 saturated carbocycles. The Bertz CT molecular complexity index is 573. The van der Waals surface area contributed by atoms with Gasteiger partial charge in [-0.1, -0.05) is 12.1 Å². The molecule has 1 aliphatic rings. The molecule has 1 N–H and O–H groups in total. The lowest BCUT2D eigenvalue weighted by atomic mass is 9.94. The van der Waals surface area contributed by atoms with Gasteiger partial charge in [0.1, 0.15) is 11.8 Å². The number of hydrogen-bond acceptors (Lipinski definition) is 3. The van der Waals surface area contributed by atoms with Crippen LogP contribution in [0.25, 0.3) is 0 Å². The van der Waals surface area contributed by atoms with Crippen LogP contribution in [-0.4, -0.2) is 36.8 Å². The summed E-state index contributed by atoms with van der Waals surface area (Å²) in [7, 11) is 1.51. The Labute approximate surface area is 133 Å². The van der Waals surface area contributed by atoms with Crippen molar-refractivity contribution in [3.8, 4) is 5.75 Å². The molecule has 4 nitrogen and oxygen atoms in total. The number of aryl methyl sites for hydroxylation is 1. The zero-order valence-electron chi connectivity index (χ0n) is 13.4. The molecule has 1 aliphatic heterocycles. The van der Waals surface area contributed by atoms with Crippen molar-refractivity contribution in [3.63, 3.8) is 0 Å². The summed E-state index contributed by atoms with van der Waals surface area (Å²) in [5.74, 6) is 0.231. The molecule has 7 heteroatoms. The van der Waals surface area contributed by atoms with Crippen LogP contribution in [0.1, 0.15) is 25.8 Å². The van der Waals surface area contributed by atoms with Crippen molar-refractivity contribution in [3.05, 3.63) is 29.8 Å². The van der Waals surface area contributed by atoms with Crippen molar-refractivity contribution in [2.75, 3.05) is 13.7 Å². The van der Waals surface area contributed by atoms with Crippen LogP contribution in [0.5, 0.6) is 5.75 Å². The van der Waals surface area contributed by atoms with Crippen molar-refractivity contribution in [2.45, 2.75) is 38.9 Å². The van der Waals surface area contributed by atoms with Gasteiger partial charge in [0.05, 0.1) is 12.5 Å². The molecule has 0 aliphatic carbocycles. The maximum atomic E-state index is 13.4. The number of ether oxygens (including phenoxy) is 1. The number of amides is 1. The monoisotopic (exact) mass is 330 g/mol. The van der Waals surface area contributed by atoms with Crippen LogP contribution in [0.4, 0.5) is 13.2 Å². The lowest BCUT2D eigenvalue weighted by Gasteiger charge is -2.29. The molecule has 0 bridgehead atoms. The highest BCUT2D eigenvalue weighted by molar-refractivity contribution is 5.83. The van der Waals surface area contributed by atoms with Crippen LogP contribution < -0.4 is 10.2 Å². The maximum absolute atomic E-state index is 13.4. The first kappa shape index (κ1) is 17.6. The van der Waals surface area contributed by atoms with E-state index in [0.717, 1.165) is 10.6 Å². The number of nitrogens with one attached hydrogen (secondary N) is 1. The van der Waals surface area contributed by atoms with Crippen molar-refractivity contribution in [1.82, 2.24) is 10.4 Å². The summed E-state index contributed by atoms with van der Waals surface area (Å²) in [6.45, 7) is 3.31. The second-order valence-electron chi connectivity index (χ2n) is 6.40. The van der Waals surface area contributed by atoms with Crippen molar-refractivity contribution < 1.29 is 22.7 Å². The minimum Gasteiger partial charge on any atom is -0.497 e. The lowest BCUT2D eigenvalue weighted by Crippen LogP contribution is -2.50. The molecule has 1 aromatic rings. The summed E-state index contributed by atoms with van der Waals surface area (Å²) < 4.78 is 45.2. The van der Waals surface area contributed by atoms with E-state index in [1.165, 1.54) is 7.11 Å². The Morgan fingerprint density at radius 3 is 2.61 bits per heavy atom. The molecule has 1 unspecified atom stereocenters. The average molecular weight is 330 g/mol. The molecule has 1 fully saturated rings. The largest absolute Gasteiger partial charge is 0.497 e. The number of methoxy groups -OCH3 is 1. The van der Waals surface area contributed by atoms with E-state index in [2.05, 4.69) is 5.43 Å². The summed E-state index contributed by atoms with van der Waals surface area (Å²) in [6.07, 6.45) is -4.30. The predicted octanol–water partition coefficient (Wildman–Crippen LogP) is 2.93. The molecule has 1 heterocycles. The third kappa shape index (κ3) is 4.16. The van der Waals surface area contributed by atoms with E-state index in [4.69, 9.17) is 4.74 Å². The Morgan fingerprint density at radius 2 is 2.09 bits per heavy atom. The van der Waals surface area contributed by atoms with Gasteiger partial charge in [0, 0.05) is 6.54 Å². The summed E-state index contributed by atoms with van der Waals surface area (Å²) in [5.41, 5.74) is 2.31. The highest BCUT2D eigenvalue weighted by atomic mass is 19.4. The van der Waals surface area contributed by atoms with Gasteiger partial charge in [0.25, 0.3) is 0 Å². The van der Waals surface area contributed by atoms with E-state index in [9.17, 15) is 18.0 Å². The number of hydrogen-bond donors (Lipinski definition) is 1. The number of carbonyl (C=O) groups excluding carboxylic acids is 1. The molecular formula is C16H21F3N2O2. The van der Waals surface area contributed by atoms with Crippen molar-refractivity contribution in [1.29, 1.82) is 0 Å². The van der Waals surface area contributed by atoms with Crippen molar-refractivity contribution >= 4 is 5.91 Å². The van der Waals surface area contributed by atoms with E-state index in [0.29, 0.717) is 5.75 Å². The molecule has 1 saturated heterocycles. The zero-order valence-corrected chi connectivity index (χ0v) is 13.4. The van der Waals surface area contributed by atoms with Gasteiger partial charge in [-0.3, -0.25) is 10.2 Å². The fraction of sp³-hybridized carbons (Fsp3) is 0.562. The van der Waals surface area contributed by atoms with E-state index >= 15 is 0 Å². The summed E-state index contributed by atoms with van der Waals surface area (Å²) in [6, 6.07) is 5.27. The van der Waals surface area contributed by atoms with Gasteiger partial charge in [0.15, 0.2) is 0 Å². The molecule has 128 valence electrons. The topological polar surface area (TPSA) is 41.6 Å². The SMILES string of the molecule is COc1cccc(CCC(N2CC(C)(C)C(=O)N2)C(F)(F)F)c1. The van der Waals surface area contributed by atoms with Gasteiger partial charge < -0.3 is 4.74 Å². The first-order valence-corrected chi connectivity index (χ1v) is 7.41. The quantitative estimate of drug-likeness (QED) is 0.902. The predicted molar refractivity (Wildman–Crippen MR) is 79.8 cm³/mol. The summed E-state index contributed by atoms with van der Waals surface area (Å²) >= 11 is 0. The molecule has 2 rings (SSSR count). The van der Waals surface area contributed by atoms with Crippen LogP contribution in [0.15, 0.2) is 24.3 Å². The first-order chi connectivity index (χ1) is 10.6. The number of hydrazine groups is 1. The highest BCUT2D eigenvalue weighted by Crippen LogP contribution is 2.33. The third-order valence-corrected chi connectivity index (χ3v) is 4.02. The van der Waals surface area contributed by atoms with Crippen LogP contribution in [0.2, 0.25) is 0 Å². The molecule has 0 radical (unpaired) electrons. The van der Waals surface area contributed by atoms with Crippen LogP contribution in [-0.2, 0) is 11.2 Å². The third-order valence-electron chi connectivity index (χ3n) is 4.02. The van der Waals surface area contributed by atoms with E-state index in [-0.39, 0.29) is 25.3 Å². The number of rotatable bonds is 5. The molecule has 1 amide bonds. The molecule has 23 heavy (non-hydrogen) atoms. The zero-order chi connectivity index (χ0) is 17.3. The van der Waals surface area contributed by atoms with Crippen LogP contribution >= 0.6 is 0 Å². The smallest absolute Gasteiger partial charge is 0.405 e. The number of alkyl halides is 3. The number of benzene rings is 1. The molecular weight excluding hydrogens is 309 g/mol. The van der Waals surface area contributed by atoms with E-state index in [1.54, 1.807) is 38.1 Å². The summed E-state index contributed by atoms with van der Waals surface area (Å²) in [4.78, 5) is 11.8. The normalized spacial score (nSPS) is 19.5. The Balaban J connectivity index is 2.10. The molecule has 0 spiro atoms. The van der Waals surface area contributed by atoms with E-state index in [1.807, 2.05) is 0 Å². The lowest BCUT2D eigenvalue weighted by molar-refractivity contribution is -0.190. The first-order valence-electron chi connectivity index (χ1n) is 7.41. The number of carbonyl (C=O) groups is 1. The molecule has 1 aromatic carbocycles. The van der Waals surface area contributed by atoms with Gasteiger partial charge >= 0.3 is 6.18 Å². The van der Waals surface area contributed by atoms with Crippen molar-refractivity contribution in [2.24, 2.45) is 5.41 Å². The van der Waals surface area contributed by atoms with Crippen LogP contribution in [0, 0.1) is 5.41 Å². The summed E-state index contributed by atoms with van der Waals surface area (Å²) in [5, 5.41) is 1.02.